The Morgan fingerprint density at radius 3 is 2.59 bits per heavy atom. The van der Waals surface area contributed by atoms with Crippen LogP contribution in [0.4, 0.5) is 10.5 Å². The van der Waals surface area contributed by atoms with E-state index in [-0.39, 0.29) is 6.03 Å². The number of rotatable bonds is 5. The minimum atomic E-state index is 0.0719. The van der Waals surface area contributed by atoms with Crippen LogP contribution in [-0.2, 0) is 0 Å². The molecule has 0 aliphatic carbocycles. The Morgan fingerprint density at radius 2 is 1.95 bits per heavy atom. The quantitative estimate of drug-likeness (QED) is 0.843. The highest BCUT2D eigenvalue weighted by atomic mass is 16.2. The van der Waals surface area contributed by atoms with Gasteiger partial charge in [0.1, 0.15) is 0 Å². The summed E-state index contributed by atoms with van der Waals surface area (Å²) in [6.45, 7) is 7.22. The maximum absolute atomic E-state index is 12.1. The van der Waals surface area contributed by atoms with Crippen molar-refractivity contribution in [2.45, 2.75) is 13.3 Å². The summed E-state index contributed by atoms with van der Waals surface area (Å²) in [5.41, 5.74) is 2.53. The molecule has 2 rings (SSSR count). The molecule has 2 amide bonds. The molecule has 0 saturated carbocycles. The summed E-state index contributed by atoms with van der Waals surface area (Å²) in [5, 5.41) is 3.01. The van der Waals surface area contributed by atoms with Gasteiger partial charge in [-0.1, -0.05) is 12.1 Å². The van der Waals surface area contributed by atoms with Crippen molar-refractivity contribution in [1.29, 1.82) is 0 Å². The summed E-state index contributed by atoms with van der Waals surface area (Å²) >= 11 is 0. The molecule has 1 aromatic rings. The second kappa shape index (κ2) is 8.03. The molecule has 5 nitrogen and oxygen atoms in total. The van der Waals surface area contributed by atoms with Crippen molar-refractivity contribution in [3.63, 3.8) is 0 Å². The smallest absolute Gasteiger partial charge is 0.317 e. The largest absolute Gasteiger partial charge is 0.368 e. The van der Waals surface area contributed by atoms with Gasteiger partial charge in [-0.05, 0) is 51.7 Å². The third-order valence-corrected chi connectivity index (χ3v) is 3.99. The third kappa shape index (κ3) is 4.91. The van der Waals surface area contributed by atoms with E-state index in [9.17, 15) is 4.79 Å². The van der Waals surface area contributed by atoms with Crippen LogP contribution in [-0.4, -0.2) is 69.2 Å². The maximum atomic E-state index is 12.1. The van der Waals surface area contributed by atoms with Crippen molar-refractivity contribution >= 4 is 11.7 Å². The number of hydrogen-bond donors (Lipinski definition) is 1. The molecule has 0 bridgehead atoms. The number of carbonyl (C=O) groups is 1. The summed E-state index contributed by atoms with van der Waals surface area (Å²) < 4.78 is 0. The Labute approximate surface area is 133 Å². The van der Waals surface area contributed by atoms with E-state index in [2.05, 4.69) is 46.3 Å². The lowest BCUT2D eigenvalue weighted by atomic mass is 10.2. The molecular weight excluding hydrogens is 276 g/mol. The fraction of sp³-hybridized carbons (Fsp3) is 0.588. The van der Waals surface area contributed by atoms with Gasteiger partial charge in [0.15, 0.2) is 0 Å². The van der Waals surface area contributed by atoms with E-state index in [4.69, 9.17) is 0 Å². The van der Waals surface area contributed by atoms with E-state index in [1.165, 1.54) is 11.3 Å². The standard InChI is InChI=1S/C17H28N4O/c1-15-6-4-7-16(14-15)20-10-12-21(13-11-20)17(22)18-8-5-9-19(2)3/h4,6-7,14H,5,8-13H2,1-3H3,(H,18,22). The van der Waals surface area contributed by atoms with Gasteiger partial charge in [0.25, 0.3) is 0 Å². The highest BCUT2D eigenvalue weighted by molar-refractivity contribution is 5.74. The van der Waals surface area contributed by atoms with Crippen molar-refractivity contribution in [2.24, 2.45) is 0 Å². The van der Waals surface area contributed by atoms with Gasteiger partial charge < -0.3 is 20.0 Å². The lowest BCUT2D eigenvalue weighted by molar-refractivity contribution is 0.194. The molecule has 1 fully saturated rings. The first-order chi connectivity index (χ1) is 10.6. The lowest BCUT2D eigenvalue weighted by Gasteiger charge is -2.36. The van der Waals surface area contributed by atoms with Crippen LogP contribution < -0.4 is 10.2 Å². The number of urea groups is 1. The van der Waals surface area contributed by atoms with Gasteiger partial charge in [-0.25, -0.2) is 4.79 Å². The number of aryl methyl sites for hydroxylation is 1. The molecule has 0 aromatic heterocycles. The van der Waals surface area contributed by atoms with Gasteiger partial charge >= 0.3 is 6.03 Å². The van der Waals surface area contributed by atoms with Crippen LogP contribution in [0.5, 0.6) is 0 Å². The lowest BCUT2D eigenvalue weighted by Crippen LogP contribution is -2.52. The topological polar surface area (TPSA) is 38.8 Å². The first-order valence-corrected chi connectivity index (χ1v) is 8.05. The molecule has 1 heterocycles. The van der Waals surface area contributed by atoms with Crippen molar-refractivity contribution in [1.82, 2.24) is 15.1 Å². The third-order valence-electron chi connectivity index (χ3n) is 3.99. The van der Waals surface area contributed by atoms with Crippen LogP contribution in [0.25, 0.3) is 0 Å². The van der Waals surface area contributed by atoms with Crippen LogP contribution >= 0.6 is 0 Å². The van der Waals surface area contributed by atoms with Gasteiger partial charge in [0.05, 0.1) is 0 Å². The summed E-state index contributed by atoms with van der Waals surface area (Å²) in [7, 11) is 4.10. The van der Waals surface area contributed by atoms with E-state index in [1.54, 1.807) is 0 Å². The van der Waals surface area contributed by atoms with Gasteiger partial charge in [-0.2, -0.15) is 0 Å². The predicted octanol–water partition coefficient (Wildman–Crippen LogP) is 1.78. The van der Waals surface area contributed by atoms with E-state index in [1.807, 2.05) is 19.0 Å². The van der Waals surface area contributed by atoms with Crippen molar-refractivity contribution in [3.8, 4) is 0 Å². The van der Waals surface area contributed by atoms with Crippen molar-refractivity contribution < 1.29 is 4.79 Å². The van der Waals surface area contributed by atoms with Crippen LogP contribution in [0.1, 0.15) is 12.0 Å². The summed E-state index contributed by atoms with van der Waals surface area (Å²) in [5.74, 6) is 0. The first-order valence-electron chi connectivity index (χ1n) is 8.05. The molecule has 1 aromatic carbocycles. The van der Waals surface area contributed by atoms with E-state index in [0.717, 1.165) is 45.7 Å². The Balaban J connectivity index is 1.73. The van der Waals surface area contributed by atoms with Gasteiger partial charge in [0.2, 0.25) is 0 Å². The average molecular weight is 304 g/mol. The summed E-state index contributed by atoms with van der Waals surface area (Å²) in [6, 6.07) is 8.62. The van der Waals surface area contributed by atoms with E-state index < -0.39 is 0 Å². The van der Waals surface area contributed by atoms with Gasteiger partial charge in [-0.15, -0.1) is 0 Å². The Bertz CT molecular complexity index is 481. The molecule has 1 aliphatic heterocycles. The molecular formula is C17H28N4O. The van der Waals surface area contributed by atoms with Crippen LogP contribution in [0.15, 0.2) is 24.3 Å². The van der Waals surface area contributed by atoms with E-state index >= 15 is 0 Å². The normalized spacial score (nSPS) is 15.3. The number of anilines is 1. The molecule has 1 saturated heterocycles. The van der Waals surface area contributed by atoms with E-state index in [0.29, 0.717) is 0 Å². The monoisotopic (exact) mass is 304 g/mol. The van der Waals surface area contributed by atoms with Crippen LogP contribution in [0.3, 0.4) is 0 Å². The molecule has 0 spiro atoms. The number of benzene rings is 1. The number of amides is 2. The Kier molecular flexibility index (Phi) is 6.07. The number of nitrogens with one attached hydrogen (secondary N) is 1. The van der Waals surface area contributed by atoms with Crippen molar-refractivity contribution in [2.75, 3.05) is 58.3 Å². The zero-order valence-corrected chi connectivity index (χ0v) is 14.0. The van der Waals surface area contributed by atoms with Crippen molar-refractivity contribution in [3.05, 3.63) is 29.8 Å². The molecule has 0 radical (unpaired) electrons. The minimum Gasteiger partial charge on any atom is -0.368 e. The zero-order valence-electron chi connectivity index (χ0n) is 14.0. The maximum Gasteiger partial charge on any atom is 0.317 e. The molecule has 5 heteroatoms. The highest BCUT2D eigenvalue weighted by Crippen LogP contribution is 2.17. The minimum absolute atomic E-state index is 0.0719. The van der Waals surface area contributed by atoms with Crippen LogP contribution in [0, 0.1) is 6.92 Å². The highest BCUT2D eigenvalue weighted by Gasteiger charge is 2.20. The van der Waals surface area contributed by atoms with Gasteiger partial charge in [0, 0.05) is 38.4 Å². The number of carbonyl (C=O) groups excluding carboxylic acids is 1. The average Bonchev–Trinajstić information content (AvgIpc) is 2.51. The molecule has 1 N–H and O–H groups in total. The fourth-order valence-electron chi connectivity index (χ4n) is 2.69. The second-order valence-electron chi connectivity index (χ2n) is 6.20. The molecule has 122 valence electrons. The number of hydrogen-bond acceptors (Lipinski definition) is 3. The Hall–Kier alpha value is -1.75. The SMILES string of the molecule is Cc1cccc(N2CCN(C(=O)NCCCN(C)C)CC2)c1. The molecule has 0 atom stereocenters. The number of nitrogens with zero attached hydrogens (tertiary/aromatic N) is 3. The molecule has 0 unspecified atom stereocenters. The predicted molar refractivity (Wildman–Crippen MR) is 91.5 cm³/mol. The first kappa shape index (κ1) is 16.6. The fourth-order valence-corrected chi connectivity index (χ4v) is 2.69. The van der Waals surface area contributed by atoms with Gasteiger partial charge in [-0.3, -0.25) is 0 Å². The van der Waals surface area contributed by atoms with Crippen LogP contribution in [0.2, 0.25) is 0 Å². The zero-order chi connectivity index (χ0) is 15.9. The molecule has 22 heavy (non-hydrogen) atoms. The summed E-state index contributed by atoms with van der Waals surface area (Å²) in [6.07, 6.45) is 0.988. The summed E-state index contributed by atoms with van der Waals surface area (Å²) in [4.78, 5) is 18.5. The Morgan fingerprint density at radius 1 is 1.23 bits per heavy atom. The second-order valence-corrected chi connectivity index (χ2v) is 6.20. The number of piperazine rings is 1. The molecule has 1 aliphatic rings.